The molecule has 2 aromatic carbocycles. The Balaban J connectivity index is 0.000000550. The summed E-state index contributed by atoms with van der Waals surface area (Å²) >= 11 is 0.734. The molecule has 2 nitrogen and oxygen atoms in total. The molecular weight excluding hydrogens is 337 g/mol. The van der Waals surface area contributed by atoms with Crippen molar-refractivity contribution in [3.8, 4) is 5.75 Å². The summed E-state index contributed by atoms with van der Waals surface area (Å²) in [5, 5.41) is 9.79. The topological polar surface area (TPSA) is 34.3 Å². The second kappa shape index (κ2) is 9.57. The third-order valence-electron chi connectivity index (χ3n) is 2.21. The first-order valence-electron chi connectivity index (χ1n) is 5.37. The second-order valence-corrected chi connectivity index (χ2v) is 6.90. The van der Waals surface area contributed by atoms with Crippen LogP contribution in [0, 0.1) is 6.92 Å². The Bertz CT molecular complexity index is 499. The Morgan fingerprint density at radius 3 is 2.32 bits per heavy atom. The van der Waals surface area contributed by atoms with Crippen molar-refractivity contribution < 1.29 is 22.1 Å². The van der Waals surface area contributed by atoms with Crippen molar-refractivity contribution in [1.82, 2.24) is 0 Å². The van der Waals surface area contributed by atoms with Gasteiger partial charge in [0.25, 0.3) is 0 Å². The van der Waals surface area contributed by atoms with Gasteiger partial charge >= 0.3 is 35.6 Å². The van der Waals surface area contributed by atoms with Crippen molar-refractivity contribution in [3.63, 3.8) is 0 Å². The number of halogens is 2. The fourth-order valence-electron chi connectivity index (χ4n) is 1.30. The summed E-state index contributed by atoms with van der Waals surface area (Å²) in [6, 6.07) is 15.3. The second-order valence-electron chi connectivity index (χ2n) is 3.51. The van der Waals surface area contributed by atoms with Gasteiger partial charge in [0.15, 0.2) is 0 Å². The molecule has 0 aliphatic carbocycles. The molecule has 0 saturated carbocycles. The molecule has 0 atom stereocenters. The van der Waals surface area contributed by atoms with Crippen LogP contribution in [0.1, 0.15) is 5.56 Å². The van der Waals surface area contributed by atoms with E-state index in [1.54, 1.807) is 0 Å². The number of aryl methyl sites for hydroxylation is 1. The number of phenolic OH excluding ortho intramolecular Hbond substituents is 1. The SMILES string of the molecule is Cc1cccc(S[N-]c2ccccc2)c1O.[Cl][Ti][Cl]. The van der Waals surface area contributed by atoms with Gasteiger partial charge in [0.2, 0.25) is 0 Å². The molecular formula is C13H12Cl2NOSTi-. The van der Waals surface area contributed by atoms with Gasteiger partial charge in [-0.3, -0.25) is 0 Å². The van der Waals surface area contributed by atoms with Crippen LogP contribution < -0.4 is 0 Å². The maximum absolute atomic E-state index is 9.79. The van der Waals surface area contributed by atoms with Crippen molar-refractivity contribution in [2.75, 3.05) is 0 Å². The van der Waals surface area contributed by atoms with E-state index < -0.39 is 17.0 Å². The molecule has 6 heteroatoms. The van der Waals surface area contributed by atoms with Crippen molar-refractivity contribution in [2.24, 2.45) is 0 Å². The first kappa shape index (κ1) is 16.7. The maximum atomic E-state index is 9.79. The van der Waals surface area contributed by atoms with Crippen molar-refractivity contribution in [1.29, 1.82) is 0 Å². The van der Waals surface area contributed by atoms with Crippen LogP contribution in [0.3, 0.4) is 0 Å². The number of hydrogen-bond donors (Lipinski definition) is 1. The van der Waals surface area contributed by atoms with E-state index in [1.165, 1.54) is 11.9 Å². The summed E-state index contributed by atoms with van der Waals surface area (Å²) in [5.41, 5.74) is 1.77. The monoisotopic (exact) mass is 348 g/mol. The van der Waals surface area contributed by atoms with Gasteiger partial charge in [-0.15, -0.1) is 5.69 Å². The normalized spacial score (nSPS) is 9.21. The molecule has 0 saturated heterocycles. The number of phenols is 1. The first-order chi connectivity index (χ1) is 9.19. The fourth-order valence-corrected chi connectivity index (χ4v) is 2.01. The van der Waals surface area contributed by atoms with Gasteiger partial charge in [0.05, 0.1) is 0 Å². The van der Waals surface area contributed by atoms with Crippen LogP contribution in [0.2, 0.25) is 0 Å². The molecule has 2 aromatic rings. The minimum atomic E-state index is -0.556. The van der Waals surface area contributed by atoms with E-state index in [9.17, 15) is 5.11 Å². The van der Waals surface area contributed by atoms with Crippen LogP contribution in [-0.2, 0) is 17.0 Å². The fraction of sp³-hybridized carbons (Fsp3) is 0.0769. The van der Waals surface area contributed by atoms with Gasteiger partial charge in [-0.05, 0) is 18.6 Å². The quantitative estimate of drug-likeness (QED) is 0.562. The molecule has 0 fully saturated rings. The number of nitrogens with zero attached hydrogens (tertiary/aromatic N) is 1. The third-order valence-corrected chi connectivity index (χ3v) is 3.03. The molecule has 0 aliphatic rings. The Hall–Kier alpha value is -0.316. The molecule has 0 radical (unpaired) electrons. The van der Waals surface area contributed by atoms with Crippen LogP contribution in [-0.4, -0.2) is 5.11 Å². The molecule has 0 aromatic heterocycles. The van der Waals surface area contributed by atoms with Gasteiger partial charge in [-0.2, -0.15) is 0 Å². The van der Waals surface area contributed by atoms with Crippen LogP contribution >= 0.6 is 30.6 Å². The standard InChI is InChI=1S/C13H12NOS.2ClH.Ti/c1-10-6-5-9-12(13(10)15)16-14-11-7-3-2-4-8-11;;;/h2-9,15H,1H3;2*1H;/q-1;;;+2/p-2. The van der Waals surface area contributed by atoms with E-state index in [1.807, 2.05) is 55.5 Å². The zero-order valence-electron chi connectivity index (χ0n) is 10.2. The molecule has 19 heavy (non-hydrogen) atoms. The van der Waals surface area contributed by atoms with E-state index >= 15 is 0 Å². The van der Waals surface area contributed by atoms with Gasteiger partial charge in [-0.1, -0.05) is 42.5 Å². The van der Waals surface area contributed by atoms with Crippen LogP contribution in [0.15, 0.2) is 53.4 Å². The average Bonchev–Trinajstić information content (AvgIpc) is 2.43. The van der Waals surface area contributed by atoms with Crippen LogP contribution in [0.5, 0.6) is 5.75 Å². The van der Waals surface area contributed by atoms with Gasteiger partial charge < -0.3 is 9.83 Å². The molecule has 0 amide bonds. The molecule has 0 heterocycles. The summed E-state index contributed by atoms with van der Waals surface area (Å²) in [4.78, 5) is 0.781. The van der Waals surface area contributed by atoms with E-state index in [2.05, 4.69) is 4.72 Å². The van der Waals surface area contributed by atoms with Gasteiger partial charge in [0.1, 0.15) is 5.75 Å². The van der Waals surface area contributed by atoms with E-state index in [-0.39, 0.29) is 0 Å². The Morgan fingerprint density at radius 1 is 1.05 bits per heavy atom. The number of benzene rings is 2. The van der Waals surface area contributed by atoms with Crippen molar-refractivity contribution in [2.45, 2.75) is 11.8 Å². The molecule has 0 bridgehead atoms. The minimum absolute atomic E-state index is 0.312. The summed E-state index contributed by atoms with van der Waals surface area (Å²) in [7, 11) is 9.78. The molecule has 0 spiro atoms. The van der Waals surface area contributed by atoms with Gasteiger partial charge in [0, 0.05) is 4.90 Å². The average molecular weight is 349 g/mol. The predicted octanol–water partition coefficient (Wildman–Crippen LogP) is 5.79. The van der Waals surface area contributed by atoms with Crippen LogP contribution in [0.4, 0.5) is 5.69 Å². The summed E-state index contributed by atoms with van der Waals surface area (Å²) < 4.78 is 4.34. The van der Waals surface area contributed by atoms with Crippen molar-refractivity contribution >= 4 is 36.2 Å². The van der Waals surface area contributed by atoms with E-state index in [0.29, 0.717) is 5.75 Å². The zero-order valence-corrected chi connectivity index (χ0v) is 14.1. The first-order valence-corrected chi connectivity index (χ1v) is 10.4. The van der Waals surface area contributed by atoms with Crippen LogP contribution in [0.25, 0.3) is 4.72 Å². The molecule has 0 aliphatic heterocycles. The van der Waals surface area contributed by atoms with E-state index in [4.69, 9.17) is 18.6 Å². The van der Waals surface area contributed by atoms with Crippen molar-refractivity contribution in [3.05, 3.63) is 58.8 Å². The summed E-state index contributed by atoms with van der Waals surface area (Å²) in [6.45, 7) is 1.88. The number of aromatic hydroxyl groups is 1. The zero-order chi connectivity index (χ0) is 14.1. The molecule has 1 N–H and O–H groups in total. The van der Waals surface area contributed by atoms with Gasteiger partial charge in [-0.25, -0.2) is 11.9 Å². The third kappa shape index (κ3) is 6.11. The van der Waals surface area contributed by atoms with E-state index in [0.717, 1.165) is 16.1 Å². The number of hydrogen-bond acceptors (Lipinski definition) is 2. The Kier molecular flexibility index (Phi) is 8.43. The summed E-state index contributed by atoms with van der Waals surface area (Å²) in [5.74, 6) is 0.312. The molecule has 2 rings (SSSR count). The number of rotatable bonds is 3. The summed E-state index contributed by atoms with van der Waals surface area (Å²) in [6.07, 6.45) is 0. The Morgan fingerprint density at radius 2 is 1.68 bits per heavy atom. The molecule has 0 unspecified atom stereocenters. The predicted molar refractivity (Wildman–Crippen MR) is 79.9 cm³/mol. The molecule has 100 valence electrons. The Labute approximate surface area is 134 Å². The number of para-hydroxylation sites is 1.